The molecule has 2 rings (SSSR count). The van der Waals surface area contributed by atoms with Crippen LogP contribution in [0.15, 0.2) is 53.6 Å². The van der Waals surface area contributed by atoms with E-state index >= 15 is 0 Å². The van der Waals surface area contributed by atoms with Gasteiger partial charge in [-0.05, 0) is 61.0 Å². The van der Waals surface area contributed by atoms with Crippen LogP contribution in [0.1, 0.15) is 12.5 Å². The SMILES string of the molecule is CCOc1ccc(NCC(=O)N/N=C\c2ccc(OC)cc2)cc1. The van der Waals surface area contributed by atoms with Gasteiger partial charge in [-0.3, -0.25) is 4.79 Å². The van der Waals surface area contributed by atoms with Crippen molar-refractivity contribution in [2.24, 2.45) is 5.10 Å². The molecule has 2 aromatic rings. The molecule has 0 unspecified atom stereocenters. The molecular weight excluding hydrogens is 306 g/mol. The maximum Gasteiger partial charge on any atom is 0.259 e. The molecule has 1 amide bonds. The largest absolute Gasteiger partial charge is 0.497 e. The third-order valence-corrected chi connectivity index (χ3v) is 3.14. The lowest BCUT2D eigenvalue weighted by Gasteiger charge is -2.07. The van der Waals surface area contributed by atoms with Crippen molar-refractivity contribution in [3.8, 4) is 11.5 Å². The highest BCUT2D eigenvalue weighted by atomic mass is 16.5. The van der Waals surface area contributed by atoms with Gasteiger partial charge in [-0.1, -0.05) is 0 Å². The van der Waals surface area contributed by atoms with Crippen molar-refractivity contribution >= 4 is 17.8 Å². The number of hydrogen-bond acceptors (Lipinski definition) is 5. The summed E-state index contributed by atoms with van der Waals surface area (Å²) in [6, 6.07) is 14.8. The Kier molecular flexibility index (Phi) is 6.64. The monoisotopic (exact) mass is 327 g/mol. The summed E-state index contributed by atoms with van der Waals surface area (Å²) in [7, 11) is 1.61. The molecule has 0 aliphatic carbocycles. The van der Waals surface area contributed by atoms with Crippen LogP contribution in [0.5, 0.6) is 11.5 Å². The smallest absolute Gasteiger partial charge is 0.259 e. The number of hydrogen-bond donors (Lipinski definition) is 2. The van der Waals surface area contributed by atoms with Crippen molar-refractivity contribution in [3.05, 3.63) is 54.1 Å². The second kappa shape index (κ2) is 9.19. The molecular formula is C18H21N3O3. The van der Waals surface area contributed by atoms with Gasteiger partial charge in [0, 0.05) is 5.69 Å². The summed E-state index contributed by atoms with van der Waals surface area (Å²) >= 11 is 0. The molecule has 24 heavy (non-hydrogen) atoms. The van der Waals surface area contributed by atoms with Crippen molar-refractivity contribution in [1.82, 2.24) is 5.43 Å². The molecule has 0 aliphatic heterocycles. The van der Waals surface area contributed by atoms with E-state index in [4.69, 9.17) is 9.47 Å². The second-order valence-corrected chi connectivity index (χ2v) is 4.88. The van der Waals surface area contributed by atoms with Crippen LogP contribution in [-0.2, 0) is 4.79 Å². The minimum Gasteiger partial charge on any atom is -0.497 e. The summed E-state index contributed by atoms with van der Waals surface area (Å²) < 4.78 is 10.4. The summed E-state index contributed by atoms with van der Waals surface area (Å²) in [5, 5.41) is 6.94. The molecule has 0 saturated heterocycles. The Morgan fingerprint density at radius 3 is 2.38 bits per heavy atom. The first-order valence-electron chi connectivity index (χ1n) is 7.64. The lowest BCUT2D eigenvalue weighted by molar-refractivity contribution is -0.119. The molecule has 0 aromatic heterocycles. The van der Waals surface area contributed by atoms with E-state index in [1.165, 1.54) is 0 Å². The van der Waals surface area contributed by atoms with E-state index in [0.717, 1.165) is 22.7 Å². The molecule has 2 N–H and O–H groups in total. The van der Waals surface area contributed by atoms with Crippen molar-refractivity contribution < 1.29 is 14.3 Å². The van der Waals surface area contributed by atoms with Crippen LogP contribution in [0.25, 0.3) is 0 Å². The van der Waals surface area contributed by atoms with Gasteiger partial charge in [0.2, 0.25) is 0 Å². The number of amides is 1. The third-order valence-electron chi connectivity index (χ3n) is 3.14. The van der Waals surface area contributed by atoms with Crippen molar-refractivity contribution in [2.45, 2.75) is 6.92 Å². The zero-order valence-corrected chi connectivity index (χ0v) is 13.8. The molecule has 0 atom stereocenters. The van der Waals surface area contributed by atoms with E-state index in [1.807, 2.05) is 55.5 Å². The molecule has 0 radical (unpaired) electrons. The summed E-state index contributed by atoms with van der Waals surface area (Å²) in [6.45, 7) is 2.69. The molecule has 6 heteroatoms. The highest BCUT2D eigenvalue weighted by Crippen LogP contribution is 2.15. The maximum absolute atomic E-state index is 11.7. The Bertz CT molecular complexity index is 667. The summed E-state index contributed by atoms with van der Waals surface area (Å²) in [4.78, 5) is 11.7. The van der Waals surface area contributed by atoms with Gasteiger partial charge in [-0.25, -0.2) is 5.43 Å². The minimum absolute atomic E-state index is 0.133. The van der Waals surface area contributed by atoms with Gasteiger partial charge < -0.3 is 14.8 Å². The third kappa shape index (κ3) is 5.64. The predicted molar refractivity (Wildman–Crippen MR) is 94.8 cm³/mol. The fourth-order valence-electron chi connectivity index (χ4n) is 1.93. The van der Waals surface area contributed by atoms with Gasteiger partial charge in [0.1, 0.15) is 11.5 Å². The Balaban J connectivity index is 1.75. The summed E-state index contributed by atoms with van der Waals surface area (Å²) in [5.41, 5.74) is 4.19. The number of anilines is 1. The predicted octanol–water partition coefficient (Wildman–Crippen LogP) is 2.66. The lowest BCUT2D eigenvalue weighted by atomic mass is 10.2. The van der Waals surface area contributed by atoms with E-state index in [2.05, 4.69) is 15.8 Å². The number of hydrazone groups is 1. The zero-order chi connectivity index (χ0) is 17.2. The van der Waals surface area contributed by atoms with Crippen LogP contribution < -0.4 is 20.2 Å². The van der Waals surface area contributed by atoms with Gasteiger partial charge in [0.15, 0.2) is 0 Å². The highest BCUT2D eigenvalue weighted by Gasteiger charge is 2.00. The Hall–Kier alpha value is -3.02. The summed E-state index contributed by atoms with van der Waals surface area (Å²) in [5.74, 6) is 1.35. The molecule has 0 bridgehead atoms. The van der Waals surface area contributed by atoms with Crippen LogP contribution in [0.3, 0.4) is 0 Å². The lowest BCUT2D eigenvalue weighted by Crippen LogP contribution is -2.25. The van der Waals surface area contributed by atoms with E-state index < -0.39 is 0 Å². The molecule has 126 valence electrons. The van der Waals surface area contributed by atoms with Gasteiger partial charge in [0.05, 0.1) is 26.5 Å². The average molecular weight is 327 g/mol. The van der Waals surface area contributed by atoms with Crippen molar-refractivity contribution in [2.75, 3.05) is 25.6 Å². The van der Waals surface area contributed by atoms with E-state index in [9.17, 15) is 4.79 Å². The topological polar surface area (TPSA) is 72.0 Å². The zero-order valence-electron chi connectivity index (χ0n) is 13.8. The molecule has 0 heterocycles. The normalized spacial score (nSPS) is 10.4. The number of carbonyl (C=O) groups excluding carboxylic acids is 1. The Morgan fingerprint density at radius 2 is 1.75 bits per heavy atom. The summed E-state index contributed by atoms with van der Waals surface area (Å²) in [6.07, 6.45) is 1.58. The molecule has 6 nitrogen and oxygen atoms in total. The van der Waals surface area contributed by atoms with E-state index in [1.54, 1.807) is 13.3 Å². The van der Waals surface area contributed by atoms with Crippen molar-refractivity contribution in [3.63, 3.8) is 0 Å². The number of rotatable bonds is 8. The number of nitrogens with one attached hydrogen (secondary N) is 2. The molecule has 0 aliphatic rings. The first-order valence-corrected chi connectivity index (χ1v) is 7.64. The van der Waals surface area contributed by atoms with Crippen LogP contribution in [-0.4, -0.2) is 32.4 Å². The van der Waals surface area contributed by atoms with Gasteiger partial charge in [0.25, 0.3) is 5.91 Å². The first kappa shape index (κ1) is 17.3. The van der Waals surface area contributed by atoms with Crippen LogP contribution in [0.2, 0.25) is 0 Å². The standard InChI is InChI=1S/C18H21N3O3/c1-3-24-17-10-6-15(7-11-17)19-13-18(22)21-20-12-14-4-8-16(23-2)9-5-14/h4-12,19H,3,13H2,1-2H3,(H,21,22)/b20-12-. The number of benzene rings is 2. The first-order chi connectivity index (χ1) is 11.7. The number of nitrogens with zero attached hydrogens (tertiary/aromatic N) is 1. The number of methoxy groups -OCH3 is 1. The maximum atomic E-state index is 11.7. The fourth-order valence-corrected chi connectivity index (χ4v) is 1.93. The highest BCUT2D eigenvalue weighted by molar-refractivity contribution is 5.84. The van der Waals surface area contributed by atoms with Gasteiger partial charge >= 0.3 is 0 Å². The molecule has 0 fully saturated rings. The fraction of sp³-hybridized carbons (Fsp3) is 0.222. The van der Waals surface area contributed by atoms with Crippen LogP contribution in [0.4, 0.5) is 5.69 Å². The molecule has 2 aromatic carbocycles. The van der Waals surface area contributed by atoms with E-state index in [0.29, 0.717) is 6.61 Å². The number of carbonyl (C=O) groups is 1. The Labute approximate surface area is 141 Å². The van der Waals surface area contributed by atoms with Gasteiger partial charge in [-0.2, -0.15) is 5.10 Å². The van der Waals surface area contributed by atoms with Gasteiger partial charge in [-0.15, -0.1) is 0 Å². The average Bonchev–Trinajstić information content (AvgIpc) is 2.62. The minimum atomic E-state index is -0.228. The quantitative estimate of drug-likeness (QED) is 0.577. The molecule has 0 saturated carbocycles. The van der Waals surface area contributed by atoms with Crippen LogP contribution in [0, 0.1) is 0 Å². The van der Waals surface area contributed by atoms with E-state index in [-0.39, 0.29) is 12.5 Å². The van der Waals surface area contributed by atoms with Crippen LogP contribution >= 0.6 is 0 Å². The second-order valence-electron chi connectivity index (χ2n) is 4.88. The van der Waals surface area contributed by atoms with Crippen molar-refractivity contribution in [1.29, 1.82) is 0 Å². The Morgan fingerprint density at radius 1 is 1.08 bits per heavy atom. The number of ether oxygens (including phenoxy) is 2. The molecule has 0 spiro atoms.